The summed E-state index contributed by atoms with van der Waals surface area (Å²) in [4.78, 5) is 11.3. The van der Waals surface area contributed by atoms with Crippen molar-refractivity contribution >= 4 is 21.7 Å². The van der Waals surface area contributed by atoms with Crippen molar-refractivity contribution in [3.8, 4) is 11.8 Å². The fourth-order valence-electron chi connectivity index (χ4n) is 1.90. The summed E-state index contributed by atoms with van der Waals surface area (Å²) >= 11 is 0. The first kappa shape index (κ1) is 18.3. The van der Waals surface area contributed by atoms with Crippen LogP contribution in [0.25, 0.3) is 0 Å². The SMILES string of the molecule is CCOC(=O)/C=C\C#Cc1cccc(NS(=O)(=O)c2ccccc2)c1. The van der Waals surface area contributed by atoms with Gasteiger partial charge in [0.15, 0.2) is 0 Å². The molecule has 2 aromatic carbocycles. The number of rotatable bonds is 5. The summed E-state index contributed by atoms with van der Waals surface area (Å²) in [6, 6.07) is 14.8. The van der Waals surface area contributed by atoms with Crippen LogP contribution in [0.4, 0.5) is 5.69 Å². The number of allylic oxidation sites excluding steroid dienone is 1. The molecule has 0 amide bonds. The van der Waals surface area contributed by atoms with Crippen molar-refractivity contribution in [1.29, 1.82) is 0 Å². The van der Waals surface area contributed by atoms with Gasteiger partial charge in [-0.3, -0.25) is 4.72 Å². The van der Waals surface area contributed by atoms with Crippen molar-refractivity contribution in [2.45, 2.75) is 11.8 Å². The van der Waals surface area contributed by atoms with E-state index in [1.54, 1.807) is 49.4 Å². The lowest BCUT2D eigenvalue weighted by Crippen LogP contribution is -2.12. The van der Waals surface area contributed by atoms with Crippen molar-refractivity contribution in [1.82, 2.24) is 0 Å². The quantitative estimate of drug-likeness (QED) is 0.508. The van der Waals surface area contributed by atoms with Gasteiger partial charge in [0.1, 0.15) is 0 Å². The van der Waals surface area contributed by atoms with Crippen molar-refractivity contribution in [3.63, 3.8) is 0 Å². The Hall–Kier alpha value is -3.04. The highest BCUT2D eigenvalue weighted by molar-refractivity contribution is 7.92. The van der Waals surface area contributed by atoms with E-state index >= 15 is 0 Å². The molecule has 2 aromatic rings. The zero-order valence-corrected chi connectivity index (χ0v) is 14.4. The minimum atomic E-state index is -3.65. The molecule has 0 aliphatic rings. The monoisotopic (exact) mass is 355 g/mol. The lowest BCUT2D eigenvalue weighted by atomic mass is 10.2. The largest absolute Gasteiger partial charge is 0.463 e. The minimum absolute atomic E-state index is 0.184. The molecule has 1 N–H and O–H groups in total. The molecule has 0 atom stereocenters. The van der Waals surface area contributed by atoms with Gasteiger partial charge in [-0.25, -0.2) is 13.2 Å². The molecule has 0 radical (unpaired) electrons. The van der Waals surface area contributed by atoms with Crippen LogP contribution >= 0.6 is 0 Å². The van der Waals surface area contributed by atoms with E-state index < -0.39 is 16.0 Å². The Morgan fingerprint density at radius 1 is 1.16 bits per heavy atom. The Bertz CT molecular complexity index is 923. The van der Waals surface area contributed by atoms with E-state index in [2.05, 4.69) is 16.6 Å². The second-order valence-corrected chi connectivity index (χ2v) is 6.54. The normalized spacial score (nSPS) is 10.8. The molecule has 0 saturated carbocycles. The van der Waals surface area contributed by atoms with E-state index in [9.17, 15) is 13.2 Å². The molecule has 0 unspecified atom stereocenters. The molecule has 25 heavy (non-hydrogen) atoms. The Morgan fingerprint density at radius 2 is 1.92 bits per heavy atom. The molecule has 0 fully saturated rings. The number of nitrogens with one attached hydrogen (secondary N) is 1. The Kier molecular flexibility index (Phi) is 6.38. The first-order valence-electron chi connectivity index (χ1n) is 7.54. The van der Waals surface area contributed by atoms with Crippen LogP contribution in [-0.2, 0) is 19.6 Å². The molecule has 0 aliphatic carbocycles. The average molecular weight is 355 g/mol. The molecule has 0 aromatic heterocycles. The van der Waals surface area contributed by atoms with Crippen molar-refractivity contribution in [2.24, 2.45) is 0 Å². The maximum Gasteiger partial charge on any atom is 0.331 e. The van der Waals surface area contributed by atoms with Gasteiger partial charge in [0.25, 0.3) is 10.0 Å². The van der Waals surface area contributed by atoms with Crippen LogP contribution in [0.3, 0.4) is 0 Å². The van der Waals surface area contributed by atoms with E-state index in [0.29, 0.717) is 17.9 Å². The average Bonchev–Trinajstić information content (AvgIpc) is 2.60. The number of ether oxygens (including phenoxy) is 1. The number of anilines is 1. The van der Waals surface area contributed by atoms with Gasteiger partial charge in [0.2, 0.25) is 0 Å². The summed E-state index contributed by atoms with van der Waals surface area (Å²) in [7, 11) is -3.65. The molecule has 0 saturated heterocycles. The van der Waals surface area contributed by atoms with Crippen LogP contribution in [0.15, 0.2) is 71.6 Å². The maximum atomic E-state index is 12.3. The summed E-state index contributed by atoms with van der Waals surface area (Å²) in [6.45, 7) is 2.03. The summed E-state index contributed by atoms with van der Waals surface area (Å²) in [5.74, 6) is 5.08. The van der Waals surface area contributed by atoms with Crippen LogP contribution in [0.2, 0.25) is 0 Å². The predicted molar refractivity (Wildman–Crippen MR) is 96.3 cm³/mol. The van der Waals surface area contributed by atoms with Gasteiger partial charge in [0.05, 0.1) is 17.2 Å². The fourth-order valence-corrected chi connectivity index (χ4v) is 2.97. The van der Waals surface area contributed by atoms with Crippen LogP contribution in [0, 0.1) is 11.8 Å². The first-order valence-corrected chi connectivity index (χ1v) is 9.02. The Labute approximate surface area is 147 Å². The minimum Gasteiger partial charge on any atom is -0.463 e. The van der Waals surface area contributed by atoms with Crippen LogP contribution in [0.1, 0.15) is 12.5 Å². The smallest absolute Gasteiger partial charge is 0.331 e. The van der Waals surface area contributed by atoms with Crippen molar-refractivity contribution < 1.29 is 17.9 Å². The highest BCUT2D eigenvalue weighted by Crippen LogP contribution is 2.16. The number of hydrogen-bond acceptors (Lipinski definition) is 4. The number of carbonyl (C=O) groups excluding carboxylic acids is 1. The first-order chi connectivity index (χ1) is 12.0. The van der Waals surface area contributed by atoms with Gasteiger partial charge in [-0.2, -0.15) is 0 Å². The van der Waals surface area contributed by atoms with Gasteiger partial charge in [-0.1, -0.05) is 36.1 Å². The summed E-state index contributed by atoms with van der Waals surface area (Å²) in [6.07, 6.45) is 2.62. The number of sulfonamides is 1. The maximum absolute atomic E-state index is 12.3. The molecule has 0 aliphatic heterocycles. The predicted octanol–water partition coefficient (Wildman–Crippen LogP) is 2.96. The zero-order valence-electron chi connectivity index (χ0n) is 13.6. The van der Waals surface area contributed by atoms with E-state index in [-0.39, 0.29) is 4.90 Å². The molecule has 0 bridgehead atoms. The molecular formula is C19H17NO4S. The van der Waals surface area contributed by atoms with E-state index in [1.807, 2.05) is 0 Å². The number of carbonyl (C=O) groups is 1. The third-order valence-electron chi connectivity index (χ3n) is 2.97. The molecule has 0 spiro atoms. The van der Waals surface area contributed by atoms with Gasteiger partial charge in [-0.15, -0.1) is 0 Å². The highest BCUT2D eigenvalue weighted by Gasteiger charge is 2.13. The van der Waals surface area contributed by atoms with Crippen molar-refractivity contribution in [3.05, 3.63) is 72.3 Å². The zero-order chi connectivity index (χ0) is 18.1. The van der Waals surface area contributed by atoms with E-state index in [1.165, 1.54) is 24.3 Å². The number of benzene rings is 2. The van der Waals surface area contributed by atoms with Gasteiger partial charge < -0.3 is 4.74 Å². The number of esters is 1. The second kappa shape index (κ2) is 8.71. The molecule has 5 nitrogen and oxygen atoms in total. The van der Waals surface area contributed by atoms with Gasteiger partial charge >= 0.3 is 5.97 Å². The fraction of sp³-hybridized carbons (Fsp3) is 0.105. The Morgan fingerprint density at radius 3 is 2.64 bits per heavy atom. The lowest BCUT2D eigenvalue weighted by molar-refractivity contribution is -0.137. The lowest BCUT2D eigenvalue weighted by Gasteiger charge is -2.08. The van der Waals surface area contributed by atoms with Gasteiger partial charge in [-0.05, 0) is 43.3 Å². The van der Waals surface area contributed by atoms with E-state index in [4.69, 9.17) is 4.74 Å². The molecular weight excluding hydrogens is 338 g/mol. The summed E-state index contributed by atoms with van der Waals surface area (Å²) in [5, 5.41) is 0. The van der Waals surface area contributed by atoms with Gasteiger partial charge in [0, 0.05) is 11.6 Å². The highest BCUT2D eigenvalue weighted by atomic mass is 32.2. The second-order valence-electron chi connectivity index (χ2n) is 4.85. The molecule has 6 heteroatoms. The Balaban J connectivity index is 2.11. The van der Waals surface area contributed by atoms with E-state index in [0.717, 1.165) is 0 Å². The standard InChI is InChI=1S/C19H17NO4S/c1-2-24-19(21)14-7-6-9-16-10-8-11-17(15-16)20-25(22,23)18-12-4-3-5-13-18/h3-5,7-8,10-15,20H,2H2,1H3/b14-7-. The third-order valence-corrected chi connectivity index (χ3v) is 4.37. The van der Waals surface area contributed by atoms with Crippen LogP contribution < -0.4 is 4.72 Å². The van der Waals surface area contributed by atoms with Crippen LogP contribution in [0.5, 0.6) is 0 Å². The molecule has 0 heterocycles. The topological polar surface area (TPSA) is 72.5 Å². The third kappa shape index (κ3) is 5.83. The molecule has 2 rings (SSSR count). The number of hydrogen-bond donors (Lipinski definition) is 1. The summed E-state index contributed by atoms with van der Waals surface area (Å²) in [5.41, 5.74) is 1.02. The van der Waals surface area contributed by atoms with Crippen molar-refractivity contribution in [2.75, 3.05) is 11.3 Å². The van der Waals surface area contributed by atoms with Crippen LogP contribution in [-0.4, -0.2) is 21.0 Å². The summed E-state index contributed by atoms with van der Waals surface area (Å²) < 4.78 is 31.9. The molecule has 128 valence electrons.